The summed E-state index contributed by atoms with van der Waals surface area (Å²) in [4.78, 5) is 3.92. The van der Waals surface area contributed by atoms with E-state index in [1.54, 1.807) is 22.7 Å². The standard InChI is InChI=1S/C11H12BrNS2/c1-7-2-3-10(15-7)9(13)6-11-8(12)4-5-14-11/h2-5,9H,6,13H2,1H3. The predicted octanol–water partition coefficient (Wildman–Crippen LogP) is 4.12. The van der Waals surface area contributed by atoms with E-state index < -0.39 is 0 Å². The van der Waals surface area contributed by atoms with Crippen molar-refractivity contribution in [1.82, 2.24) is 0 Å². The first kappa shape index (κ1) is 11.3. The average Bonchev–Trinajstić information content (AvgIpc) is 2.77. The lowest BCUT2D eigenvalue weighted by Crippen LogP contribution is -2.11. The molecule has 0 aliphatic heterocycles. The van der Waals surface area contributed by atoms with E-state index in [0.717, 1.165) is 6.42 Å². The SMILES string of the molecule is Cc1ccc(C(N)Cc2sccc2Br)s1. The molecule has 2 rings (SSSR count). The summed E-state index contributed by atoms with van der Waals surface area (Å²) < 4.78 is 1.18. The van der Waals surface area contributed by atoms with Gasteiger partial charge in [0, 0.05) is 31.6 Å². The Kier molecular flexibility index (Phi) is 3.61. The number of hydrogen-bond donors (Lipinski definition) is 1. The fraction of sp³-hybridized carbons (Fsp3) is 0.273. The van der Waals surface area contributed by atoms with Crippen LogP contribution in [0.1, 0.15) is 20.7 Å². The first-order chi connectivity index (χ1) is 7.16. The van der Waals surface area contributed by atoms with Crippen LogP contribution in [-0.2, 0) is 6.42 Å². The molecule has 0 amide bonds. The van der Waals surface area contributed by atoms with E-state index in [1.807, 2.05) is 0 Å². The summed E-state index contributed by atoms with van der Waals surface area (Å²) in [5.41, 5.74) is 6.16. The highest BCUT2D eigenvalue weighted by Gasteiger charge is 2.11. The van der Waals surface area contributed by atoms with Crippen molar-refractivity contribution in [1.29, 1.82) is 0 Å². The first-order valence-electron chi connectivity index (χ1n) is 4.70. The van der Waals surface area contributed by atoms with Gasteiger partial charge in [-0.25, -0.2) is 0 Å². The van der Waals surface area contributed by atoms with Gasteiger partial charge in [0.05, 0.1) is 0 Å². The number of aryl methyl sites for hydroxylation is 1. The van der Waals surface area contributed by atoms with Crippen LogP contribution in [0.25, 0.3) is 0 Å². The summed E-state index contributed by atoms with van der Waals surface area (Å²) in [6, 6.07) is 6.46. The molecule has 15 heavy (non-hydrogen) atoms. The molecule has 0 aliphatic rings. The van der Waals surface area contributed by atoms with E-state index in [2.05, 4.69) is 46.4 Å². The maximum absolute atomic E-state index is 6.16. The van der Waals surface area contributed by atoms with Gasteiger partial charge >= 0.3 is 0 Å². The summed E-state index contributed by atoms with van der Waals surface area (Å²) in [7, 11) is 0. The molecular formula is C11H12BrNS2. The third-order valence-electron chi connectivity index (χ3n) is 2.22. The minimum atomic E-state index is 0.124. The normalized spacial score (nSPS) is 13.0. The van der Waals surface area contributed by atoms with E-state index in [-0.39, 0.29) is 6.04 Å². The van der Waals surface area contributed by atoms with Crippen molar-refractivity contribution >= 4 is 38.6 Å². The van der Waals surface area contributed by atoms with Crippen LogP contribution in [0, 0.1) is 6.92 Å². The molecule has 2 aromatic heterocycles. The van der Waals surface area contributed by atoms with Crippen LogP contribution in [0.3, 0.4) is 0 Å². The van der Waals surface area contributed by atoms with Gasteiger partial charge in [0.25, 0.3) is 0 Å². The molecule has 0 saturated heterocycles. The predicted molar refractivity (Wildman–Crippen MR) is 71.7 cm³/mol. The summed E-state index contributed by atoms with van der Waals surface area (Å²) >= 11 is 7.08. The van der Waals surface area contributed by atoms with Gasteiger partial charge in [0.15, 0.2) is 0 Å². The van der Waals surface area contributed by atoms with Crippen LogP contribution >= 0.6 is 38.6 Å². The summed E-state index contributed by atoms with van der Waals surface area (Å²) in [5, 5.41) is 2.09. The summed E-state index contributed by atoms with van der Waals surface area (Å²) in [6.45, 7) is 2.11. The molecule has 1 unspecified atom stereocenters. The van der Waals surface area contributed by atoms with Crippen LogP contribution in [-0.4, -0.2) is 0 Å². The summed E-state index contributed by atoms with van der Waals surface area (Å²) in [6.07, 6.45) is 0.915. The Balaban J connectivity index is 2.10. The molecule has 0 aromatic carbocycles. The molecular weight excluding hydrogens is 290 g/mol. The molecule has 0 bridgehead atoms. The van der Waals surface area contributed by atoms with E-state index in [0.29, 0.717) is 0 Å². The minimum Gasteiger partial charge on any atom is -0.323 e. The number of nitrogens with two attached hydrogens (primary N) is 1. The zero-order chi connectivity index (χ0) is 10.8. The zero-order valence-corrected chi connectivity index (χ0v) is 11.6. The van der Waals surface area contributed by atoms with Crippen molar-refractivity contribution in [2.75, 3.05) is 0 Å². The van der Waals surface area contributed by atoms with Crippen molar-refractivity contribution in [3.05, 3.63) is 42.7 Å². The first-order valence-corrected chi connectivity index (χ1v) is 7.19. The van der Waals surface area contributed by atoms with Crippen LogP contribution in [0.5, 0.6) is 0 Å². The Bertz CT molecular complexity index is 447. The Morgan fingerprint density at radius 3 is 2.73 bits per heavy atom. The number of hydrogen-bond acceptors (Lipinski definition) is 3. The molecule has 0 spiro atoms. The van der Waals surface area contributed by atoms with Crippen LogP contribution < -0.4 is 5.73 Å². The van der Waals surface area contributed by atoms with Gasteiger partial charge in [-0.2, -0.15) is 0 Å². The Hall–Kier alpha value is -0.160. The van der Waals surface area contributed by atoms with Crippen molar-refractivity contribution in [2.24, 2.45) is 5.73 Å². The maximum Gasteiger partial charge on any atom is 0.0439 e. The van der Waals surface area contributed by atoms with Crippen LogP contribution in [0.2, 0.25) is 0 Å². The lowest BCUT2D eigenvalue weighted by Gasteiger charge is -2.08. The van der Waals surface area contributed by atoms with Gasteiger partial charge in [-0.3, -0.25) is 0 Å². The highest BCUT2D eigenvalue weighted by molar-refractivity contribution is 9.10. The van der Waals surface area contributed by atoms with Gasteiger partial charge in [0.1, 0.15) is 0 Å². The van der Waals surface area contributed by atoms with Gasteiger partial charge in [0.2, 0.25) is 0 Å². The number of rotatable bonds is 3. The number of thiophene rings is 2. The fourth-order valence-corrected chi connectivity index (χ4v) is 3.88. The second-order valence-electron chi connectivity index (χ2n) is 3.45. The zero-order valence-electron chi connectivity index (χ0n) is 8.37. The lowest BCUT2D eigenvalue weighted by atomic mass is 10.1. The topological polar surface area (TPSA) is 26.0 Å². The highest BCUT2D eigenvalue weighted by Crippen LogP contribution is 2.29. The largest absolute Gasteiger partial charge is 0.323 e. The van der Waals surface area contributed by atoms with E-state index in [4.69, 9.17) is 5.73 Å². The Labute approximate surface area is 106 Å². The molecule has 4 heteroatoms. The Morgan fingerprint density at radius 1 is 1.40 bits per heavy atom. The van der Waals surface area contributed by atoms with Crippen molar-refractivity contribution in [3.8, 4) is 0 Å². The third-order valence-corrected chi connectivity index (χ3v) is 5.30. The van der Waals surface area contributed by atoms with E-state index in [9.17, 15) is 0 Å². The van der Waals surface area contributed by atoms with Crippen molar-refractivity contribution < 1.29 is 0 Å². The molecule has 0 fully saturated rings. The van der Waals surface area contributed by atoms with Crippen molar-refractivity contribution in [3.63, 3.8) is 0 Å². The molecule has 1 nitrogen and oxygen atoms in total. The van der Waals surface area contributed by atoms with Gasteiger partial charge in [-0.1, -0.05) is 0 Å². The highest BCUT2D eigenvalue weighted by atomic mass is 79.9. The fourth-order valence-electron chi connectivity index (χ4n) is 1.42. The Morgan fingerprint density at radius 2 is 2.20 bits per heavy atom. The maximum atomic E-state index is 6.16. The van der Waals surface area contributed by atoms with Gasteiger partial charge < -0.3 is 5.73 Å². The molecule has 0 radical (unpaired) electrons. The summed E-state index contributed by atoms with van der Waals surface area (Å²) in [5.74, 6) is 0. The minimum absolute atomic E-state index is 0.124. The van der Waals surface area contributed by atoms with Crippen LogP contribution in [0.15, 0.2) is 28.1 Å². The second-order valence-corrected chi connectivity index (χ2v) is 6.63. The van der Waals surface area contributed by atoms with Crippen LogP contribution in [0.4, 0.5) is 0 Å². The van der Waals surface area contributed by atoms with E-state index in [1.165, 1.54) is 19.1 Å². The molecule has 2 aromatic rings. The van der Waals surface area contributed by atoms with Gasteiger partial charge in [-0.15, -0.1) is 22.7 Å². The van der Waals surface area contributed by atoms with Gasteiger partial charge in [-0.05, 0) is 46.4 Å². The molecule has 80 valence electrons. The average molecular weight is 302 g/mol. The third kappa shape index (κ3) is 2.69. The molecule has 0 saturated carbocycles. The second kappa shape index (κ2) is 4.78. The lowest BCUT2D eigenvalue weighted by molar-refractivity contribution is 0.743. The van der Waals surface area contributed by atoms with Crippen molar-refractivity contribution in [2.45, 2.75) is 19.4 Å². The number of halogens is 1. The molecule has 2 heterocycles. The molecule has 0 aliphatic carbocycles. The monoisotopic (exact) mass is 301 g/mol. The molecule has 2 N–H and O–H groups in total. The quantitative estimate of drug-likeness (QED) is 0.906. The smallest absolute Gasteiger partial charge is 0.0439 e. The molecule has 1 atom stereocenters. The van der Waals surface area contributed by atoms with E-state index >= 15 is 0 Å².